The molecule has 0 aliphatic heterocycles. The van der Waals surface area contributed by atoms with Gasteiger partial charge in [-0.15, -0.1) is 22.7 Å². The summed E-state index contributed by atoms with van der Waals surface area (Å²) in [6.07, 6.45) is 3.86. The van der Waals surface area contributed by atoms with Crippen LogP contribution in [0.3, 0.4) is 0 Å². The third-order valence-corrected chi connectivity index (χ3v) is 23.1. The molecule has 524 valence electrons. The van der Waals surface area contributed by atoms with E-state index in [9.17, 15) is 0 Å². The number of nitrogens with zero attached hydrogens (tertiary/aromatic N) is 12. The van der Waals surface area contributed by atoms with Crippen molar-refractivity contribution in [2.45, 2.75) is 0 Å². The first-order valence-electron chi connectivity index (χ1n) is 37.0. The highest BCUT2D eigenvalue weighted by Crippen LogP contribution is 2.45. The third kappa shape index (κ3) is 11.9. The van der Waals surface area contributed by atoms with E-state index in [1.807, 2.05) is 194 Å². The Bertz CT molecular complexity index is 7190. The average Bonchev–Trinajstić information content (AvgIpc) is 1.59. The Balaban J connectivity index is 0.000000145. The van der Waals surface area contributed by atoms with E-state index >= 15 is 0 Å². The van der Waals surface area contributed by atoms with Crippen LogP contribution in [0.25, 0.3) is 209 Å². The van der Waals surface area contributed by atoms with Gasteiger partial charge in [0.1, 0.15) is 0 Å². The molecule has 0 radical (unpaired) electrons. The van der Waals surface area contributed by atoms with E-state index in [2.05, 4.69) is 184 Å². The molecule has 14 aromatic carbocycles. The SMILES string of the molecule is c1ccc(-c2ccc3c(c2)c2cnccc2n3-c2ccc3sc4c(-c5nc(-c6ccccc6)nc(-c6ccccc6)n5)cccc4c3c2)cc1.c1ccc(-c2nc(-c3ccccc3)nc(-c3ccc4c(c3)c3ccccc3n4-c3ccc4sc5c(-c6nc(-c7ccccc7)nc(-c7ccccc7)n6)cccc5c4c3)n2)cc1. The molecule has 22 rings (SSSR count). The van der Waals surface area contributed by atoms with E-state index in [0.29, 0.717) is 52.4 Å². The minimum atomic E-state index is 0.628. The van der Waals surface area contributed by atoms with Crippen LogP contribution >= 0.6 is 22.7 Å². The lowest BCUT2D eigenvalue weighted by Crippen LogP contribution is -2.00. The minimum Gasteiger partial charge on any atom is -0.309 e. The first kappa shape index (κ1) is 65.6. The van der Waals surface area contributed by atoms with Crippen molar-refractivity contribution in [2.75, 3.05) is 0 Å². The maximum Gasteiger partial charge on any atom is 0.165 e. The largest absolute Gasteiger partial charge is 0.309 e. The van der Waals surface area contributed by atoms with Crippen molar-refractivity contribution in [2.24, 2.45) is 0 Å². The Labute approximate surface area is 650 Å². The molecule has 0 atom stereocenters. The Morgan fingerprint density at radius 3 is 0.938 bits per heavy atom. The molecule has 112 heavy (non-hydrogen) atoms. The zero-order valence-corrected chi connectivity index (χ0v) is 61.5. The maximum absolute atomic E-state index is 5.08. The first-order chi connectivity index (χ1) is 55.5. The van der Waals surface area contributed by atoms with Gasteiger partial charge in [-0.25, -0.2) is 44.9 Å². The highest BCUT2D eigenvalue weighted by atomic mass is 32.1. The van der Waals surface area contributed by atoms with Gasteiger partial charge in [-0.3, -0.25) is 4.98 Å². The van der Waals surface area contributed by atoms with Gasteiger partial charge < -0.3 is 9.13 Å². The zero-order chi connectivity index (χ0) is 74.0. The standard InChI is InChI=1S/C54H33N7S.C44H27N5S/c1-5-16-34(17-6-1)49-55-50(35-18-7-2-8-19-35)58-53(57-49)38-28-30-46-43(32-38)40-24-13-14-27-45(40)61(46)39-29-31-47-44(33-39)41-25-15-26-42(48(41)62-47)54-59-51(36-20-9-3-10-21-36)56-52(60-54)37-22-11-4-12-23-37;1-4-11-28(12-5-1)31-19-21-38-35(25-31)37-27-45-24-23-39(37)49(38)32-20-22-40-36(26-32)33-17-10-18-34(41(33)50-40)44-47-42(29-13-6-2-7-14-29)46-43(48-44)30-15-8-3-9-16-30/h1-33H;1-27H. The topological polar surface area (TPSA) is 139 Å². The molecule has 0 aliphatic rings. The van der Waals surface area contributed by atoms with Crippen molar-refractivity contribution in [3.05, 3.63) is 364 Å². The molecule has 0 amide bonds. The summed E-state index contributed by atoms with van der Waals surface area (Å²) in [5.74, 6) is 5.83. The van der Waals surface area contributed by atoms with Crippen LogP contribution in [-0.2, 0) is 0 Å². The highest BCUT2D eigenvalue weighted by Gasteiger charge is 2.23. The van der Waals surface area contributed by atoms with Gasteiger partial charge >= 0.3 is 0 Å². The molecule has 0 bridgehead atoms. The lowest BCUT2D eigenvalue weighted by atomic mass is 10.0. The van der Waals surface area contributed by atoms with Crippen LogP contribution in [0.5, 0.6) is 0 Å². The van der Waals surface area contributed by atoms with E-state index in [-0.39, 0.29) is 0 Å². The quantitative estimate of drug-likeness (QED) is 0.116. The van der Waals surface area contributed by atoms with Gasteiger partial charge in [0.2, 0.25) is 0 Å². The first-order valence-corrected chi connectivity index (χ1v) is 38.6. The number of aromatic nitrogens is 12. The van der Waals surface area contributed by atoms with Gasteiger partial charge in [0.05, 0.1) is 22.1 Å². The number of pyridine rings is 1. The Kier molecular flexibility index (Phi) is 16.3. The average molecular weight is 1470 g/mol. The fourth-order valence-corrected chi connectivity index (χ4v) is 17.7. The van der Waals surface area contributed by atoms with Crippen molar-refractivity contribution in [3.8, 4) is 125 Å². The second-order valence-corrected chi connectivity index (χ2v) is 29.6. The second-order valence-electron chi connectivity index (χ2n) is 27.5. The van der Waals surface area contributed by atoms with Gasteiger partial charge in [0.15, 0.2) is 52.4 Å². The van der Waals surface area contributed by atoms with Crippen LogP contribution in [0, 0.1) is 0 Å². The van der Waals surface area contributed by atoms with Gasteiger partial charge in [-0.1, -0.05) is 261 Å². The highest BCUT2D eigenvalue weighted by molar-refractivity contribution is 7.26. The molecule has 0 fully saturated rings. The smallest absolute Gasteiger partial charge is 0.165 e. The van der Waals surface area contributed by atoms with E-state index in [0.717, 1.165) is 114 Å². The Morgan fingerprint density at radius 1 is 0.196 bits per heavy atom. The lowest BCUT2D eigenvalue weighted by Gasteiger charge is -2.10. The van der Waals surface area contributed by atoms with Gasteiger partial charge in [-0.2, -0.15) is 0 Å². The fourth-order valence-electron chi connectivity index (χ4n) is 15.3. The molecule has 8 aromatic heterocycles. The zero-order valence-electron chi connectivity index (χ0n) is 59.8. The number of hydrogen-bond acceptors (Lipinski definition) is 12. The third-order valence-electron chi connectivity index (χ3n) is 20.7. The van der Waals surface area contributed by atoms with Crippen LogP contribution in [0.15, 0.2) is 364 Å². The molecular formula is C98H60N12S2. The normalized spacial score (nSPS) is 11.6. The maximum atomic E-state index is 5.08. The number of thiophene rings is 2. The van der Waals surface area contributed by atoms with Gasteiger partial charge in [-0.05, 0) is 102 Å². The van der Waals surface area contributed by atoms with E-state index in [4.69, 9.17) is 44.9 Å². The van der Waals surface area contributed by atoms with Crippen LogP contribution in [-0.4, -0.2) is 59.0 Å². The molecule has 0 spiro atoms. The summed E-state index contributed by atoms with van der Waals surface area (Å²) in [6.45, 7) is 0. The summed E-state index contributed by atoms with van der Waals surface area (Å²) in [7, 11) is 0. The molecule has 8 heterocycles. The predicted octanol–water partition coefficient (Wildman–Crippen LogP) is 24.9. The van der Waals surface area contributed by atoms with Crippen LogP contribution < -0.4 is 0 Å². The van der Waals surface area contributed by atoms with Gasteiger partial charge in [0, 0.05) is 136 Å². The second kappa shape index (κ2) is 27.8. The summed E-state index contributed by atoms with van der Waals surface area (Å²) < 4.78 is 9.42. The number of hydrogen-bond donors (Lipinski definition) is 0. The monoisotopic (exact) mass is 1470 g/mol. The molecule has 0 unspecified atom stereocenters. The van der Waals surface area contributed by atoms with Crippen LogP contribution in [0.4, 0.5) is 0 Å². The van der Waals surface area contributed by atoms with E-state index in [1.165, 1.54) is 42.1 Å². The fraction of sp³-hybridized carbons (Fsp3) is 0. The molecule has 12 nitrogen and oxygen atoms in total. The summed E-state index contributed by atoms with van der Waals surface area (Å²) in [5, 5.41) is 9.32. The molecule has 0 saturated heterocycles. The summed E-state index contributed by atoms with van der Waals surface area (Å²) in [5.41, 5.74) is 17.7. The molecule has 0 saturated carbocycles. The Hall–Kier alpha value is -14.7. The number of rotatable bonds is 12. The predicted molar refractivity (Wildman–Crippen MR) is 460 cm³/mol. The number of fused-ring (bicyclic) bond motifs is 12. The summed E-state index contributed by atoms with van der Waals surface area (Å²) in [4.78, 5) is 49.6. The van der Waals surface area contributed by atoms with Crippen molar-refractivity contribution in [3.63, 3.8) is 0 Å². The van der Waals surface area contributed by atoms with Crippen molar-refractivity contribution >= 4 is 107 Å². The van der Waals surface area contributed by atoms with Crippen molar-refractivity contribution in [1.82, 2.24) is 59.0 Å². The molecule has 22 aromatic rings. The van der Waals surface area contributed by atoms with E-state index < -0.39 is 0 Å². The van der Waals surface area contributed by atoms with Crippen molar-refractivity contribution in [1.29, 1.82) is 0 Å². The Morgan fingerprint density at radius 2 is 0.518 bits per heavy atom. The van der Waals surface area contributed by atoms with Gasteiger partial charge in [0.25, 0.3) is 0 Å². The number of benzene rings is 14. The summed E-state index contributed by atoms with van der Waals surface area (Å²) in [6, 6.07) is 122. The minimum absolute atomic E-state index is 0.628. The van der Waals surface area contributed by atoms with Crippen LogP contribution in [0.2, 0.25) is 0 Å². The molecule has 0 aliphatic carbocycles. The number of para-hydroxylation sites is 1. The lowest BCUT2D eigenvalue weighted by molar-refractivity contribution is 1.07. The van der Waals surface area contributed by atoms with Crippen molar-refractivity contribution < 1.29 is 0 Å². The molecular weight excluding hydrogens is 1410 g/mol. The molecule has 14 heteroatoms. The summed E-state index contributed by atoms with van der Waals surface area (Å²) >= 11 is 3.55. The molecule has 0 N–H and O–H groups in total. The van der Waals surface area contributed by atoms with Crippen LogP contribution in [0.1, 0.15) is 0 Å². The van der Waals surface area contributed by atoms with E-state index in [1.54, 1.807) is 22.7 Å².